The molecule has 5 nitrogen and oxygen atoms in total. The maximum Gasteiger partial charge on any atom is 0.419 e. The van der Waals surface area contributed by atoms with Crippen molar-refractivity contribution in [1.82, 2.24) is 15.3 Å². The van der Waals surface area contributed by atoms with Crippen LogP contribution in [-0.2, 0) is 17.4 Å². The molecule has 28 heavy (non-hydrogen) atoms. The van der Waals surface area contributed by atoms with Gasteiger partial charge in [0.15, 0.2) is 0 Å². The number of rotatable bonds is 5. The number of nitrogens with one attached hydrogen (secondary N) is 1. The van der Waals surface area contributed by atoms with Crippen LogP contribution in [0.4, 0.5) is 19.1 Å². The van der Waals surface area contributed by atoms with Gasteiger partial charge in [0.1, 0.15) is 0 Å². The lowest BCUT2D eigenvalue weighted by atomic mass is 10.0. The van der Waals surface area contributed by atoms with Crippen LogP contribution in [-0.4, -0.2) is 35.0 Å². The minimum atomic E-state index is -4.45. The fraction of sp³-hybridized carbons (Fsp3) is 0.450. The molecule has 1 fully saturated rings. The van der Waals surface area contributed by atoms with Crippen molar-refractivity contribution in [3.05, 3.63) is 53.3 Å². The molecule has 0 bridgehead atoms. The lowest BCUT2D eigenvalue weighted by Crippen LogP contribution is -2.38. The number of nitrogens with zero attached hydrogens (tertiary/aromatic N) is 3. The van der Waals surface area contributed by atoms with Crippen molar-refractivity contribution in [1.29, 1.82) is 0 Å². The van der Waals surface area contributed by atoms with Gasteiger partial charge >= 0.3 is 6.18 Å². The third kappa shape index (κ3) is 4.99. The molecule has 2 heterocycles. The SMILES string of the molecule is CC(C)c1ccc(CC(=O)N[C@@H]2CCN(c3ncc(C(F)(F)F)cn3)C2)cc1. The first-order valence-corrected chi connectivity index (χ1v) is 9.25. The van der Waals surface area contributed by atoms with Crippen LogP contribution < -0.4 is 10.2 Å². The Hall–Kier alpha value is -2.64. The number of amides is 1. The van der Waals surface area contributed by atoms with Crippen molar-refractivity contribution < 1.29 is 18.0 Å². The van der Waals surface area contributed by atoms with Crippen molar-refractivity contribution >= 4 is 11.9 Å². The zero-order valence-electron chi connectivity index (χ0n) is 15.8. The van der Waals surface area contributed by atoms with Crippen molar-refractivity contribution in [3.63, 3.8) is 0 Å². The Morgan fingerprint density at radius 2 is 1.86 bits per heavy atom. The summed E-state index contributed by atoms with van der Waals surface area (Å²) in [5, 5.41) is 2.98. The van der Waals surface area contributed by atoms with E-state index in [1.54, 1.807) is 4.90 Å². The van der Waals surface area contributed by atoms with Gasteiger partial charge in [0.25, 0.3) is 0 Å². The second kappa shape index (κ2) is 8.16. The van der Waals surface area contributed by atoms with E-state index in [4.69, 9.17) is 0 Å². The highest BCUT2D eigenvalue weighted by molar-refractivity contribution is 5.79. The number of carbonyl (C=O) groups excluding carboxylic acids is 1. The first-order valence-electron chi connectivity index (χ1n) is 9.25. The summed E-state index contributed by atoms with van der Waals surface area (Å²) in [7, 11) is 0. The van der Waals surface area contributed by atoms with E-state index in [-0.39, 0.29) is 17.9 Å². The molecule has 1 aromatic heterocycles. The van der Waals surface area contributed by atoms with Crippen molar-refractivity contribution in [2.24, 2.45) is 0 Å². The fourth-order valence-corrected chi connectivity index (χ4v) is 3.18. The van der Waals surface area contributed by atoms with E-state index in [0.717, 1.165) is 18.0 Å². The highest BCUT2D eigenvalue weighted by atomic mass is 19.4. The highest BCUT2D eigenvalue weighted by Gasteiger charge is 2.32. The van der Waals surface area contributed by atoms with Gasteiger partial charge < -0.3 is 10.2 Å². The summed E-state index contributed by atoms with van der Waals surface area (Å²) in [6.07, 6.45) is -1.88. The van der Waals surface area contributed by atoms with E-state index in [2.05, 4.69) is 29.1 Å². The summed E-state index contributed by atoms with van der Waals surface area (Å²) >= 11 is 0. The average Bonchev–Trinajstić information content (AvgIpc) is 3.10. The molecule has 1 saturated heterocycles. The Balaban J connectivity index is 1.52. The van der Waals surface area contributed by atoms with Crippen LogP contribution in [0.1, 0.15) is 42.9 Å². The predicted octanol–water partition coefficient (Wildman–Crippen LogP) is 3.56. The van der Waals surface area contributed by atoms with Crippen LogP contribution in [0.3, 0.4) is 0 Å². The molecule has 0 spiro atoms. The summed E-state index contributed by atoms with van der Waals surface area (Å²) in [4.78, 5) is 21.7. The molecule has 0 radical (unpaired) electrons. The fourth-order valence-electron chi connectivity index (χ4n) is 3.18. The Kier molecular flexibility index (Phi) is 5.86. The summed E-state index contributed by atoms with van der Waals surface area (Å²) in [5.41, 5.74) is 1.30. The zero-order chi connectivity index (χ0) is 20.3. The van der Waals surface area contributed by atoms with Gasteiger partial charge in [-0.3, -0.25) is 4.79 Å². The van der Waals surface area contributed by atoms with Crippen LogP contribution in [0.25, 0.3) is 0 Å². The Morgan fingerprint density at radius 3 is 2.43 bits per heavy atom. The van der Waals surface area contributed by atoms with Crippen molar-refractivity contribution in [2.75, 3.05) is 18.0 Å². The number of hydrogen-bond donors (Lipinski definition) is 1. The van der Waals surface area contributed by atoms with E-state index >= 15 is 0 Å². The number of halogens is 3. The molecular weight excluding hydrogens is 369 g/mol. The van der Waals surface area contributed by atoms with Crippen molar-refractivity contribution in [3.8, 4) is 0 Å². The summed E-state index contributed by atoms with van der Waals surface area (Å²) in [5.74, 6) is 0.617. The van der Waals surface area contributed by atoms with Crippen LogP contribution in [0.2, 0.25) is 0 Å². The largest absolute Gasteiger partial charge is 0.419 e. The molecule has 1 aromatic carbocycles. The van der Waals surface area contributed by atoms with Gasteiger partial charge in [0.05, 0.1) is 12.0 Å². The number of aromatic nitrogens is 2. The van der Waals surface area contributed by atoms with E-state index in [1.165, 1.54) is 5.56 Å². The number of anilines is 1. The van der Waals surface area contributed by atoms with Crippen LogP contribution in [0, 0.1) is 0 Å². The topological polar surface area (TPSA) is 58.1 Å². The lowest BCUT2D eigenvalue weighted by molar-refractivity contribution is -0.138. The van der Waals surface area contributed by atoms with E-state index in [9.17, 15) is 18.0 Å². The molecule has 8 heteroatoms. The van der Waals surface area contributed by atoms with Crippen LogP contribution >= 0.6 is 0 Å². The Morgan fingerprint density at radius 1 is 1.21 bits per heavy atom. The standard InChI is InChI=1S/C20H23F3N4O/c1-13(2)15-5-3-14(4-6-15)9-18(28)26-17-7-8-27(12-17)19-24-10-16(11-25-19)20(21,22)23/h3-6,10-11,13,17H,7-9,12H2,1-2H3,(H,26,28)/t17-/m1/s1. The quantitative estimate of drug-likeness (QED) is 0.845. The monoisotopic (exact) mass is 392 g/mol. The van der Waals surface area contributed by atoms with Gasteiger partial charge in [-0.1, -0.05) is 38.1 Å². The maximum absolute atomic E-state index is 12.6. The van der Waals surface area contributed by atoms with Gasteiger partial charge in [-0.2, -0.15) is 13.2 Å². The normalized spacial score (nSPS) is 17.2. The first-order chi connectivity index (χ1) is 13.2. The van der Waals surface area contributed by atoms with Crippen molar-refractivity contribution in [2.45, 2.75) is 44.8 Å². The second-order valence-corrected chi connectivity index (χ2v) is 7.34. The number of carbonyl (C=O) groups is 1. The van der Waals surface area contributed by atoms with E-state index in [0.29, 0.717) is 31.8 Å². The third-order valence-electron chi connectivity index (χ3n) is 4.81. The molecule has 0 saturated carbocycles. The molecule has 1 aliphatic heterocycles. The van der Waals surface area contributed by atoms with Crippen LogP contribution in [0.15, 0.2) is 36.7 Å². The van der Waals surface area contributed by atoms with E-state index in [1.807, 2.05) is 24.3 Å². The van der Waals surface area contributed by atoms with Crippen LogP contribution in [0.5, 0.6) is 0 Å². The predicted molar refractivity (Wildman–Crippen MR) is 100 cm³/mol. The van der Waals surface area contributed by atoms with Gasteiger partial charge in [-0.25, -0.2) is 9.97 Å². The number of hydrogen-bond acceptors (Lipinski definition) is 4. The molecule has 1 aliphatic rings. The zero-order valence-corrected chi connectivity index (χ0v) is 15.8. The molecule has 3 rings (SSSR count). The Labute approximate surface area is 162 Å². The molecule has 1 amide bonds. The molecule has 0 aliphatic carbocycles. The van der Waals surface area contributed by atoms with Gasteiger partial charge in [-0.05, 0) is 23.5 Å². The Bertz CT molecular complexity index is 804. The number of benzene rings is 1. The lowest BCUT2D eigenvalue weighted by Gasteiger charge is -2.17. The minimum absolute atomic E-state index is 0.0718. The van der Waals surface area contributed by atoms with Gasteiger partial charge in [-0.15, -0.1) is 0 Å². The van der Waals surface area contributed by atoms with Gasteiger partial charge in [0.2, 0.25) is 11.9 Å². The third-order valence-corrected chi connectivity index (χ3v) is 4.81. The maximum atomic E-state index is 12.6. The molecule has 2 aromatic rings. The smallest absolute Gasteiger partial charge is 0.351 e. The summed E-state index contributed by atoms with van der Waals surface area (Å²) in [6.45, 7) is 5.30. The summed E-state index contributed by atoms with van der Waals surface area (Å²) in [6, 6.07) is 7.92. The van der Waals surface area contributed by atoms with Gasteiger partial charge in [0, 0.05) is 31.5 Å². The van der Waals surface area contributed by atoms with E-state index < -0.39 is 11.7 Å². The molecule has 150 valence electrons. The average molecular weight is 392 g/mol. The second-order valence-electron chi connectivity index (χ2n) is 7.34. The highest BCUT2D eigenvalue weighted by Crippen LogP contribution is 2.28. The minimum Gasteiger partial charge on any atom is -0.351 e. The molecular formula is C20H23F3N4O. The molecule has 1 atom stereocenters. The molecule has 1 N–H and O–H groups in total. The molecule has 0 unspecified atom stereocenters. The first kappa shape index (κ1) is 20.1. The number of alkyl halides is 3. The summed E-state index contributed by atoms with van der Waals surface area (Å²) < 4.78 is 37.8.